The summed E-state index contributed by atoms with van der Waals surface area (Å²) in [6, 6.07) is 20.1. The smallest absolute Gasteiger partial charge is 0.278 e. The minimum atomic E-state index is -0.296. The van der Waals surface area contributed by atoms with Crippen LogP contribution >= 0.6 is 0 Å². The van der Waals surface area contributed by atoms with Gasteiger partial charge in [-0.25, -0.2) is 5.48 Å². The first-order valence-electron chi connectivity index (χ1n) is 9.09. The second kappa shape index (κ2) is 7.68. The van der Waals surface area contributed by atoms with Crippen molar-refractivity contribution in [1.29, 1.82) is 0 Å². The third-order valence-electron chi connectivity index (χ3n) is 4.90. The van der Waals surface area contributed by atoms with E-state index in [1.54, 1.807) is 12.3 Å². The topological polar surface area (TPSA) is 54.7 Å². The summed E-state index contributed by atoms with van der Waals surface area (Å²) in [6.07, 6.45) is 2.55. The number of hydrogen-bond donors (Lipinski definition) is 1. The SMILES string of the molecule is CC1Cc2ccccc2N1Cc1occc1C(=O)NOCc1ccccc1. The van der Waals surface area contributed by atoms with Crippen molar-refractivity contribution in [3.05, 3.63) is 89.4 Å². The fraction of sp³-hybridized carbons (Fsp3) is 0.227. The molecule has 27 heavy (non-hydrogen) atoms. The predicted molar refractivity (Wildman–Crippen MR) is 103 cm³/mol. The molecule has 4 rings (SSSR count). The molecule has 3 aromatic rings. The van der Waals surface area contributed by atoms with E-state index in [0.29, 0.717) is 30.5 Å². The van der Waals surface area contributed by atoms with Crippen molar-refractivity contribution in [3.8, 4) is 0 Å². The number of amides is 1. The summed E-state index contributed by atoms with van der Waals surface area (Å²) in [5, 5.41) is 0. The Morgan fingerprint density at radius 2 is 1.93 bits per heavy atom. The molecule has 0 fully saturated rings. The van der Waals surface area contributed by atoms with Gasteiger partial charge in [0.05, 0.1) is 25.0 Å². The van der Waals surface area contributed by atoms with E-state index in [2.05, 4.69) is 35.5 Å². The number of anilines is 1. The van der Waals surface area contributed by atoms with E-state index in [1.807, 2.05) is 36.4 Å². The number of para-hydroxylation sites is 1. The maximum atomic E-state index is 12.5. The lowest BCUT2D eigenvalue weighted by atomic mass is 10.1. The van der Waals surface area contributed by atoms with Crippen LogP contribution in [-0.2, 0) is 24.4 Å². The number of hydroxylamine groups is 1. The number of furan rings is 1. The largest absolute Gasteiger partial charge is 0.467 e. The molecule has 5 nitrogen and oxygen atoms in total. The molecule has 0 saturated carbocycles. The van der Waals surface area contributed by atoms with E-state index in [9.17, 15) is 4.79 Å². The first-order valence-corrected chi connectivity index (χ1v) is 9.09. The Labute approximate surface area is 158 Å². The van der Waals surface area contributed by atoms with E-state index in [4.69, 9.17) is 9.25 Å². The molecule has 1 amide bonds. The molecule has 1 aliphatic heterocycles. The van der Waals surface area contributed by atoms with Crippen molar-refractivity contribution in [2.24, 2.45) is 0 Å². The number of hydrogen-bond acceptors (Lipinski definition) is 4. The Bertz CT molecular complexity index is 920. The van der Waals surface area contributed by atoms with E-state index in [-0.39, 0.29) is 5.91 Å². The van der Waals surface area contributed by atoms with Crippen LogP contribution in [0, 0.1) is 0 Å². The lowest BCUT2D eigenvalue weighted by Gasteiger charge is -2.24. The number of benzene rings is 2. The quantitative estimate of drug-likeness (QED) is 0.671. The molecule has 1 atom stereocenters. The van der Waals surface area contributed by atoms with Crippen LogP contribution in [0.5, 0.6) is 0 Å². The summed E-state index contributed by atoms with van der Waals surface area (Å²) in [5.74, 6) is 0.342. The van der Waals surface area contributed by atoms with Crippen molar-refractivity contribution >= 4 is 11.6 Å². The summed E-state index contributed by atoms with van der Waals surface area (Å²) < 4.78 is 5.62. The maximum absolute atomic E-state index is 12.5. The number of rotatable bonds is 6. The van der Waals surface area contributed by atoms with Crippen molar-refractivity contribution in [1.82, 2.24) is 5.48 Å². The molecule has 1 unspecified atom stereocenters. The highest BCUT2D eigenvalue weighted by atomic mass is 16.6. The highest BCUT2D eigenvalue weighted by molar-refractivity contribution is 5.94. The summed E-state index contributed by atoms with van der Waals surface area (Å²) in [4.78, 5) is 20.1. The standard InChI is InChI=1S/C22H22N2O3/c1-16-13-18-9-5-6-10-20(18)24(16)14-21-19(11-12-26-21)22(25)23-27-15-17-7-3-2-4-8-17/h2-12,16H,13-15H2,1H3,(H,23,25). The van der Waals surface area contributed by atoms with Crippen LogP contribution in [0.2, 0.25) is 0 Å². The van der Waals surface area contributed by atoms with Crippen LogP contribution in [0.4, 0.5) is 5.69 Å². The molecular weight excluding hydrogens is 340 g/mol. The van der Waals surface area contributed by atoms with Crippen LogP contribution in [-0.4, -0.2) is 11.9 Å². The van der Waals surface area contributed by atoms with Crippen LogP contribution in [0.1, 0.15) is 34.2 Å². The summed E-state index contributed by atoms with van der Waals surface area (Å²) in [6.45, 7) is 3.05. The average molecular weight is 362 g/mol. The van der Waals surface area contributed by atoms with Crippen molar-refractivity contribution in [2.45, 2.75) is 32.5 Å². The predicted octanol–water partition coefficient (Wildman–Crippen LogP) is 4.09. The molecule has 2 aromatic carbocycles. The molecule has 0 bridgehead atoms. The molecule has 0 aliphatic carbocycles. The number of fused-ring (bicyclic) bond motifs is 1. The fourth-order valence-electron chi connectivity index (χ4n) is 3.50. The second-order valence-electron chi connectivity index (χ2n) is 6.77. The van der Waals surface area contributed by atoms with E-state index in [0.717, 1.165) is 12.0 Å². The lowest BCUT2D eigenvalue weighted by molar-refractivity contribution is 0.0232. The Morgan fingerprint density at radius 3 is 2.78 bits per heavy atom. The zero-order valence-corrected chi connectivity index (χ0v) is 15.2. The van der Waals surface area contributed by atoms with Gasteiger partial charge in [0.15, 0.2) is 0 Å². The first kappa shape index (κ1) is 17.4. The first-order chi connectivity index (χ1) is 13.2. The van der Waals surface area contributed by atoms with Gasteiger partial charge in [-0.15, -0.1) is 0 Å². The van der Waals surface area contributed by atoms with E-state index >= 15 is 0 Å². The molecule has 1 N–H and O–H groups in total. The maximum Gasteiger partial charge on any atom is 0.278 e. The fourth-order valence-corrected chi connectivity index (χ4v) is 3.50. The van der Waals surface area contributed by atoms with Gasteiger partial charge in [0.1, 0.15) is 5.76 Å². The Hall–Kier alpha value is -3.05. The van der Waals surface area contributed by atoms with Crippen LogP contribution in [0.15, 0.2) is 71.3 Å². The van der Waals surface area contributed by atoms with E-state index < -0.39 is 0 Å². The number of carbonyl (C=O) groups is 1. The van der Waals surface area contributed by atoms with Crippen molar-refractivity contribution < 1.29 is 14.0 Å². The molecule has 5 heteroatoms. The lowest BCUT2D eigenvalue weighted by Crippen LogP contribution is -2.30. The van der Waals surface area contributed by atoms with Gasteiger partial charge in [0.25, 0.3) is 5.91 Å². The van der Waals surface area contributed by atoms with Gasteiger partial charge in [0, 0.05) is 11.7 Å². The Balaban J connectivity index is 1.41. The van der Waals surface area contributed by atoms with Crippen molar-refractivity contribution in [2.75, 3.05) is 4.90 Å². The summed E-state index contributed by atoms with van der Waals surface area (Å²) in [7, 11) is 0. The molecule has 0 radical (unpaired) electrons. The summed E-state index contributed by atoms with van der Waals surface area (Å²) in [5.41, 5.74) is 6.53. The monoisotopic (exact) mass is 362 g/mol. The van der Waals surface area contributed by atoms with Gasteiger partial charge in [0.2, 0.25) is 0 Å². The zero-order valence-electron chi connectivity index (χ0n) is 15.2. The number of nitrogens with one attached hydrogen (secondary N) is 1. The van der Waals surface area contributed by atoms with Gasteiger partial charge in [-0.3, -0.25) is 9.63 Å². The highest BCUT2D eigenvalue weighted by Gasteiger charge is 2.28. The molecule has 0 saturated heterocycles. The minimum absolute atomic E-state index is 0.296. The normalized spacial score (nSPS) is 15.6. The summed E-state index contributed by atoms with van der Waals surface area (Å²) >= 11 is 0. The van der Waals surface area contributed by atoms with Gasteiger partial charge in [-0.2, -0.15) is 0 Å². The Morgan fingerprint density at radius 1 is 1.15 bits per heavy atom. The van der Waals surface area contributed by atoms with E-state index in [1.165, 1.54) is 11.3 Å². The van der Waals surface area contributed by atoms with Gasteiger partial charge in [-0.1, -0.05) is 48.5 Å². The van der Waals surface area contributed by atoms with Gasteiger partial charge < -0.3 is 9.32 Å². The van der Waals surface area contributed by atoms with Crippen LogP contribution in [0.25, 0.3) is 0 Å². The molecule has 2 heterocycles. The Kier molecular flexibility index (Phi) is 4.94. The zero-order chi connectivity index (χ0) is 18.6. The average Bonchev–Trinajstić information content (AvgIpc) is 3.28. The second-order valence-corrected chi connectivity index (χ2v) is 6.77. The van der Waals surface area contributed by atoms with Crippen LogP contribution < -0.4 is 10.4 Å². The molecule has 1 aromatic heterocycles. The highest BCUT2D eigenvalue weighted by Crippen LogP contribution is 2.33. The van der Waals surface area contributed by atoms with Gasteiger partial charge >= 0.3 is 0 Å². The van der Waals surface area contributed by atoms with Gasteiger partial charge in [-0.05, 0) is 36.6 Å². The molecule has 0 spiro atoms. The molecule has 138 valence electrons. The number of carbonyl (C=O) groups excluding carboxylic acids is 1. The van der Waals surface area contributed by atoms with Crippen LogP contribution in [0.3, 0.4) is 0 Å². The van der Waals surface area contributed by atoms with Crippen molar-refractivity contribution in [3.63, 3.8) is 0 Å². The molecular formula is C22H22N2O3. The number of nitrogens with zero attached hydrogens (tertiary/aromatic N) is 1. The molecule has 1 aliphatic rings. The third kappa shape index (κ3) is 3.73. The third-order valence-corrected chi connectivity index (χ3v) is 4.90. The minimum Gasteiger partial charge on any atom is -0.467 e.